The summed E-state index contributed by atoms with van der Waals surface area (Å²) >= 11 is 6.25. The Morgan fingerprint density at radius 1 is 1.02 bits per heavy atom. The van der Waals surface area contributed by atoms with Crippen molar-refractivity contribution in [1.82, 2.24) is 33.9 Å². The summed E-state index contributed by atoms with van der Waals surface area (Å²) in [6.07, 6.45) is 3.68. The van der Waals surface area contributed by atoms with Crippen LogP contribution in [-0.4, -0.2) is 39.8 Å². The molecule has 226 valence electrons. The van der Waals surface area contributed by atoms with Gasteiger partial charge in [-0.15, -0.1) is 0 Å². The SMILES string of the molecule is CC1CCCC(n2cnc(-c3cc(Cl)ccc3-n3cnc(C(F)(F)F)c3)cc2=O)c2cc(ccn2)-c2c(cnn2C)NC1=O. The Balaban J connectivity index is 1.42. The van der Waals surface area contributed by atoms with Gasteiger partial charge in [0.2, 0.25) is 5.91 Å². The van der Waals surface area contributed by atoms with Gasteiger partial charge in [-0.3, -0.25) is 23.8 Å². The maximum Gasteiger partial charge on any atom is 0.434 e. The summed E-state index contributed by atoms with van der Waals surface area (Å²) in [5.74, 6) is -0.402. The number of hydrogen-bond donors (Lipinski definition) is 1. The summed E-state index contributed by atoms with van der Waals surface area (Å²) in [6.45, 7) is 1.85. The number of nitrogens with one attached hydrogen (secondary N) is 1. The Labute approximate surface area is 254 Å². The highest BCUT2D eigenvalue weighted by molar-refractivity contribution is 6.31. The molecule has 44 heavy (non-hydrogen) atoms. The Kier molecular flexibility index (Phi) is 7.58. The van der Waals surface area contributed by atoms with Crippen molar-refractivity contribution in [3.05, 3.63) is 94.4 Å². The minimum Gasteiger partial charge on any atom is -0.323 e. The van der Waals surface area contributed by atoms with Crippen molar-refractivity contribution >= 4 is 23.2 Å². The quantitative estimate of drug-likeness (QED) is 0.268. The van der Waals surface area contributed by atoms with Gasteiger partial charge in [-0.1, -0.05) is 24.9 Å². The number of halogens is 4. The van der Waals surface area contributed by atoms with Crippen molar-refractivity contribution in [1.29, 1.82) is 0 Å². The molecular formula is C30H26ClF3N8O2. The van der Waals surface area contributed by atoms with Crippen molar-refractivity contribution < 1.29 is 18.0 Å². The number of rotatable bonds is 3. The van der Waals surface area contributed by atoms with E-state index in [0.29, 0.717) is 52.6 Å². The summed E-state index contributed by atoms with van der Waals surface area (Å²) in [4.78, 5) is 39.2. The molecule has 14 heteroatoms. The number of carbonyl (C=O) groups excluding carboxylic acids is 1. The maximum atomic E-state index is 13.7. The molecule has 6 rings (SSSR count). The lowest BCUT2D eigenvalue weighted by Gasteiger charge is -2.22. The highest BCUT2D eigenvalue weighted by Crippen LogP contribution is 2.34. The largest absolute Gasteiger partial charge is 0.434 e. The molecule has 1 aliphatic heterocycles. The molecule has 2 bridgehead atoms. The first-order valence-electron chi connectivity index (χ1n) is 13.8. The molecule has 1 amide bonds. The number of imidazole rings is 1. The monoisotopic (exact) mass is 622 g/mol. The second kappa shape index (κ2) is 11.4. The minimum absolute atomic E-state index is 0.119. The van der Waals surface area contributed by atoms with Gasteiger partial charge in [0.05, 0.1) is 53.3 Å². The molecule has 0 saturated heterocycles. The lowest BCUT2D eigenvalue weighted by atomic mass is 9.97. The van der Waals surface area contributed by atoms with Crippen LogP contribution in [-0.2, 0) is 18.0 Å². The summed E-state index contributed by atoms with van der Waals surface area (Å²) in [7, 11) is 1.78. The van der Waals surface area contributed by atoms with Crippen LogP contribution in [0.4, 0.5) is 18.9 Å². The fourth-order valence-corrected chi connectivity index (χ4v) is 5.59. The zero-order chi connectivity index (χ0) is 31.2. The van der Waals surface area contributed by atoms with Crippen LogP contribution in [0, 0.1) is 5.92 Å². The van der Waals surface area contributed by atoms with E-state index in [9.17, 15) is 22.8 Å². The molecule has 5 aromatic rings. The van der Waals surface area contributed by atoms with Gasteiger partial charge in [0, 0.05) is 47.6 Å². The van der Waals surface area contributed by atoms with E-state index in [2.05, 4.69) is 25.4 Å². The molecule has 0 aliphatic carbocycles. The molecule has 1 aromatic carbocycles. The number of alkyl halides is 3. The molecule has 2 unspecified atom stereocenters. The van der Waals surface area contributed by atoms with Crippen LogP contribution in [0.25, 0.3) is 28.2 Å². The van der Waals surface area contributed by atoms with E-state index >= 15 is 0 Å². The number of fused-ring (bicyclic) bond motifs is 4. The number of amides is 1. The molecule has 2 atom stereocenters. The molecule has 1 aliphatic rings. The highest BCUT2D eigenvalue weighted by atomic mass is 35.5. The zero-order valence-electron chi connectivity index (χ0n) is 23.6. The number of benzene rings is 1. The van der Waals surface area contributed by atoms with Gasteiger partial charge in [-0.2, -0.15) is 18.3 Å². The third-order valence-electron chi connectivity index (χ3n) is 7.71. The third-order valence-corrected chi connectivity index (χ3v) is 7.95. The van der Waals surface area contributed by atoms with Crippen molar-refractivity contribution in [3.63, 3.8) is 0 Å². The van der Waals surface area contributed by atoms with E-state index in [1.165, 1.54) is 33.7 Å². The van der Waals surface area contributed by atoms with E-state index in [-0.39, 0.29) is 23.1 Å². The van der Waals surface area contributed by atoms with Gasteiger partial charge in [0.25, 0.3) is 5.56 Å². The Bertz CT molecular complexity index is 1930. The molecule has 0 radical (unpaired) electrons. The van der Waals surface area contributed by atoms with E-state index in [1.54, 1.807) is 30.2 Å². The lowest BCUT2D eigenvalue weighted by molar-refractivity contribution is -0.140. The van der Waals surface area contributed by atoms with Gasteiger partial charge >= 0.3 is 6.18 Å². The fraction of sp³-hybridized carbons (Fsp3) is 0.267. The van der Waals surface area contributed by atoms with Gasteiger partial charge in [-0.05, 0) is 43.2 Å². The Hall–Kier alpha value is -4.78. The first-order chi connectivity index (χ1) is 21.0. The average Bonchev–Trinajstić information content (AvgIpc) is 3.62. The van der Waals surface area contributed by atoms with Crippen LogP contribution in [0.15, 0.2) is 72.4 Å². The normalized spacial score (nSPS) is 17.4. The number of anilines is 1. The number of carbonyl (C=O) groups is 1. The van der Waals surface area contributed by atoms with Crippen LogP contribution in [0.5, 0.6) is 0 Å². The predicted molar refractivity (Wildman–Crippen MR) is 157 cm³/mol. The number of aryl methyl sites for hydroxylation is 1. The van der Waals surface area contributed by atoms with Crippen molar-refractivity contribution in [2.24, 2.45) is 13.0 Å². The molecule has 4 aromatic heterocycles. The van der Waals surface area contributed by atoms with Crippen LogP contribution in [0.1, 0.15) is 43.6 Å². The maximum absolute atomic E-state index is 13.7. The smallest absolute Gasteiger partial charge is 0.323 e. The standard InChI is InChI=1S/C30H26ClF3N8O2/c1-17-4-3-5-25(22-10-18(8-9-35-22)28-23(39-29(17)44)13-38-40(28)2)42-16-36-21(12-27(42)43)20-11-19(31)6-7-24(20)41-14-26(37-15-41)30(32,33)34/h6-17,25H,3-5H2,1-2H3,(H,39,44). The number of nitrogens with zero attached hydrogens (tertiary/aromatic N) is 7. The van der Waals surface area contributed by atoms with Gasteiger partial charge < -0.3 is 9.88 Å². The number of aromatic nitrogens is 7. The second-order valence-corrected chi connectivity index (χ2v) is 11.1. The Morgan fingerprint density at radius 3 is 2.59 bits per heavy atom. The predicted octanol–water partition coefficient (Wildman–Crippen LogP) is 5.91. The van der Waals surface area contributed by atoms with E-state index < -0.39 is 17.9 Å². The lowest BCUT2D eigenvalue weighted by Crippen LogP contribution is -2.27. The first kappa shape index (κ1) is 29.3. The third kappa shape index (κ3) is 5.62. The van der Waals surface area contributed by atoms with Gasteiger partial charge in [-0.25, -0.2) is 9.97 Å². The molecular weight excluding hydrogens is 597 g/mol. The number of pyridine rings is 1. The molecule has 0 spiro atoms. The molecule has 0 saturated carbocycles. The minimum atomic E-state index is -4.62. The van der Waals surface area contributed by atoms with E-state index in [4.69, 9.17) is 11.6 Å². The summed E-state index contributed by atoms with van der Waals surface area (Å²) in [6, 6.07) is 9.12. The zero-order valence-corrected chi connectivity index (χ0v) is 24.3. The highest BCUT2D eigenvalue weighted by Gasteiger charge is 2.34. The second-order valence-electron chi connectivity index (χ2n) is 10.7. The van der Waals surface area contributed by atoms with E-state index in [1.807, 2.05) is 19.1 Å². The van der Waals surface area contributed by atoms with Gasteiger partial charge in [0.15, 0.2) is 5.69 Å². The van der Waals surface area contributed by atoms with Crippen LogP contribution in [0.3, 0.4) is 0 Å². The first-order valence-corrected chi connectivity index (χ1v) is 14.2. The van der Waals surface area contributed by atoms with Crippen LogP contribution >= 0.6 is 11.6 Å². The van der Waals surface area contributed by atoms with Gasteiger partial charge in [0.1, 0.15) is 0 Å². The molecule has 5 heterocycles. The summed E-state index contributed by atoms with van der Waals surface area (Å²) in [5.41, 5.74) is 2.15. The van der Waals surface area contributed by atoms with Crippen molar-refractivity contribution in [3.8, 4) is 28.2 Å². The topological polar surface area (TPSA) is 113 Å². The molecule has 1 N–H and O–H groups in total. The van der Waals surface area contributed by atoms with Crippen molar-refractivity contribution in [2.75, 3.05) is 5.32 Å². The fourth-order valence-electron chi connectivity index (χ4n) is 5.41. The number of hydrogen-bond acceptors (Lipinski definition) is 6. The molecule has 10 nitrogen and oxygen atoms in total. The van der Waals surface area contributed by atoms with E-state index in [0.717, 1.165) is 18.1 Å². The summed E-state index contributed by atoms with van der Waals surface area (Å²) in [5, 5.41) is 7.63. The van der Waals surface area contributed by atoms with Crippen LogP contribution in [0.2, 0.25) is 5.02 Å². The Morgan fingerprint density at radius 2 is 1.84 bits per heavy atom. The average molecular weight is 623 g/mol. The summed E-state index contributed by atoms with van der Waals surface area (Å²) < 4.78 is 44.1. The van der Waals surface area contributed by atoms with Crippen molar-refractivity contribution in [2.45, 2.75) is 38.4 Å². The van der Waals surface area contributed by atoms with Crippen LogP contribution < -0.4 is 10.9 Å². The molecule has 0 fully saturated rings.